The fourth-order valence-electron chi connectivity index (χ4n) is 3.20. The summed E-state index contributed by atoms with van der Waals surface area (Å²) in [5.41, 5.74) is 8.83. The van der Waals surface area contributed by atoms with E-state index in [-0.39, 0.29) is 12.5 Å². The van der Waals surface area contributed by atoms with Crippen molar-refractivity contribution in [3.63, 3.8) is 0 Å². The van der Waals surface area contributed by atoms with Gasteiger partial charge in [-0.25, -0.2) is 0 Å². The van der Waals surface area contributed by atoms with Crippen molar-refractivity contribution in [3.05, 3.63) is 51.4 Å². The zero-order valence-electron chi connectivity index (χ0n) is 13.0. The van der Waals surface area contributed by atoms with Crippen LogP contribution in [0.5, 0.6) is 0 Å². The van der Waals surface area contributed by atoms with Gasteiger partial charge in [0.25, 0.3) is 5.91 Å². The highest BCUT2D eigenvalue weighted by atomic mass is 79.9. The molecule has 3 aromatic rings. The molecule has 0 fully saturated rings. The van der Waals surface area contributed by atoms with Crippen molar-refractivity contribution < 1.29 is 9.21 Å². The Labute approximate surface area is 147 Å². The molecule has 1 amide bonds. The van der Waals surface area contributed by atoms with E-state index in [1.807, 2.05) is 28.9 Å². The number of hydrogen-bond donors (Lipinski definition) is 2. The smallest absolute Gasteiger partial charge is 0.255 e. The van der Waals surface area contributed by atoms with Crippen LogP contribution in [0, 0.1) is 0 Å². The SMILES string of the molecule is NCc1nn2c(c1C(=O)NCc1cc3cc(Br)ccc3o1)CCC2. The van der Waals surface area contributed by atoms with Gasteiger partial charge in [-0.05, 0) is 37.1 Å². The number of furan rings is 1. The average Bonchev–Trinajstić information content (AvgIpc) is 3.24. The third-order valence-electron chi connectivity index (χ3n) is 4.29. The molecule has 3 N–H and O–H groups in total. The topological polar surface area (TPSA) is 86.1 Å². The minimum atomic E-state index is -0.139. The van der Waals surface area contributed by atoms with Gasteiger partial charge in [0.05, 0.1) is 23.5 Å². The summed E-state index contributed by atoms with van der Waals surface area (Å²) in [6.45, 7) is 1.45. The normalized spacial score (nSPS) is 13.4. The van der Waals surface area contributed by atoms with E-state index in [0.29, 0.717) is 17.8 Å². The molecule has 1 aliphatic rings. The molecule has 0 bridgehead atoms. The van der Waals surface area contributed by atoms with Crippen LogP contribution in [0.25, 0.3) is 11.0 Å². The number of carbonyl (C=O) groups is 1. The number of halogens is 1. The van der Waals surface area contributed by atoms with Gasteiger partial charge in [-0.15, -0.1) is 0 Å². The van der Waals surface area contributed by atoms with Crippen molar-refractivity contribution in [2.75, 3.05) is 0 Å². The maximum absolute atomic E-state index is 12.6. The Balaban J connectivity index is 1.54. The predicted molar refractivity (Wildman–Crippen MR) is 93.5 cm³/mol. The van der Waals surface area contributed by atoms with Crippen molar-refractivity contribution in [1.29, 1.82) is 0 Å². The first kappa shape index (κ1) is 15.4. The summed E-state index contributed by atoms with van der Waals surface area (Å²) < 4.78 is 8.65. The average molecular weight is 389 g/mol. The monoisotopic (exact) mass is 388 g/mol. The number of nitrogens with zero attached hydrogens (tertiary/aromatic N) is 2. The summed E-state index contributed by atoms with van der Waals surface area (Å²) in [5, 5.41) is 8.36. The van der Waals surface area contributed by atoms with Crippen LogP contribution in [0.15, 0.2) is 33.2 Å². The van der Waals surface area contributed by atoms with Gasteiger partial charge in [0.2, 0.25) is 0 Å². The van der Waals surface area contributed by atoms with Crippen LogP contribution in [-0.4, -0.2) is 15.7 Å². The molecular formula is C17H17BrN4O2. The Kier molecular flexibility index (Phi) is 3.90. The molecule has 1 aliphatic heterocycles. The number of rotatable bonds is 4. The minimum absolute atomic E-state index is 0.139. The number of benzene rings is 1. The van der Waals surface area contributed by atoms with Crippen molar-refractivity contribution in [1.82, 2.24) is 15.1 Å². The lowest BCUT2D eigenvalue weighted by molar-refractivity contribution is 0.0946. The molecule has 4 rings (SSSR count). The number of fused-ring (bicyclic) bond motifs is 2. The summed E-state index contributed by atoms with van der Waals surface area (Å²) >= 11 is 3.44. The summed E-state index contributed by atoms with van der Waals surface area (Å²) in [6.07, 6.45) is 1.89. The largest absolute Gasteiger partial charge is 0.459 e. The first-order valence-corrected chi connectivity index (χ1v) is 8.70. The highest BCUT2D eigenvalue weighted by molar-refractivity contribution is 9.10. The number of carbonyl (C=O) groups excluding carboxylic acids is 1. The molecule has 0 spiro atoms. The molecule has 7 heteroatoms. The van der Waals surface area contributed by atoms with Gasteiger partial charge in [-0.2, -0.15) is 5.10 Å². The molecule has 1 aromatic carbocycles. The number of nitrogens with two attached hydrogens (primary N) is 1. The summed E-state index contributed by atoms with van der Waals surface area (Å²) in [5.74, 6) is 0.579. The standard InChI is InChI=1S/C17H17BrN4O2/c18-11-3-4-15-10(6-11)7-12(24-15)9-20-17(23)16-13(8-19)21-22-5-1-2-14(16)22/h3-4,6-7H,1-2,5,8-9,19H2,(H,20,23). The first-order chi connectivity index (χ1) is 11.7. The second-order valence-corrected chi connectivity index (χ2v) is 6.79. The van der Waals surface area contributed by atoms with Crippen LogP contribution in [0.4, 0.5) is 0 Å². The molecule has 124 valence electrons. The van der Waals surface area contributed by atoms with E-state index < -0.39 is 0 Å². The Hall–Kier alpha value is -2.12. The predicted octanol–water partition coefficient (Wildman–Crippen LogP) is 2.73. The second-order valence-electron chi connectivity index (χ2n) is 5.88. The molecule has 0 radical (unpaired) electrons. The maximum Gasteiger partial charge on any atom is 0.255 e. The van der Waals surface area contributed by atoms with Crippen LogP contribution in [0.2, 0.25) is 0 Å². The zero-order chi connectivity index (χ0) is 16.7. The Morgan fingerprint density at radius 2 is 2.29 bits per heavy atom. The van der Waals surface area contributed by atoms with Crippen molar-refractivity contribution >= 4 is 32.8 Å². The maximum atomic E-state index is 12.6. The van der Waals surface area contributed by atoms with Crippen LogP contribution in [0.3, 0.4) is 0 Å². The van der Waals surface area contributed by atoms with E-state index in [1.54, 1.807) is 0 Å². The van der Waals surface area contributed by atoms with Crippen LogP contribution in [0.1, 0.15) is 33.9 Å². The van der Waals surface area contributed by atoms with Crippen molar-refractivity contribution in [2.45, 2.75) is 32.5 Å². The highest BCUT2D eigenvalue weighted by Crippen LogP contribution is 2.24. The molecule has 24 heavy (non-hydrogen) atoms. The highest BCUT2D eigenvalue weighted by Gasteiger charge is 2.25. The van der Waals surface area contributed by atoms with E-state index >= 15 is 0 Å². The lowest BCUT2D eigenvalue weighted by Crippen LogP contribution is -2.25. The molecular weight excluding hydrogens is 372 g/mol. The lowest BCUT2D eigenvalue weighted by Gasteiger charge is -2.04. The fourth-order valence-corrected chi connectivity index (χ4v) is 3.58. The number of amides is 1. The van der Waals surface area contributed by atoms with Crippen LogP contribution >= 0.6 is 15.9 Å². The fraction of sp³-hybridized carbons (Fsp3) is 0.294. The summed E-state index contributed by atoms with van der Waals surface area (Å²) in [7, 11) is 0. The molecule has 0 unspecified atom stereocenters. The van der Waals surface area contributed by atoms with Gasteiger partial charge < -0.3 is 15.5 Å². The molecule has 6 nitrogen and oxygen atoms in total. The number of aromatic nitrogens is 2. The van der Waals surface area contributed by atoms with Gasteiger partial charge in [0.15, 0.2) is 0 Å². The molecule has 0 saturated carbocycles. The Morgan fingerprint density at radius 1 is 1.42 bits per heavy atom. The number of hydrogen-bond acceptors (Lipinski definition) is 4. The van der Waals surface area contributed by atoms with Gasteiger partial charge in [0.1, 0.15) is 11.3 Å². The minimum Gasteiger partial charge on any atom is -0.459 e. The van der Waals surface area contributed by atoms with Gasteiger partial charge in [-0.3, -0.25) is 9.48 Å². The first-order valence-electron chi connectivity index (χ1n) is 7.90. The Bertz CT molecular complexity index is 928. The molecule has 0 aliphatic carbocycles. The van der Waals surface area contributed by atoms with Crippen molar-refractivity contribution in [3.8, 4) is 0 Å². The van der Waals surface area contributed by atoms with Gasteiger partial charge >= 0.3 is 0 Å². The third kappa shape index (κ3) is 2.63. The van der Waals surface area contributed by atoms with E-state index in [2.05, 4.69) is 26.3 Å². The molecule has 3 heterocycles. The molecule has 0 atom stereocenters. The van der Waals surface area contributed by atoms with Gasteiger partial charge in [-0.1, -0.05) is 15.9 Å². The zero-order valence-corrected chi connectivity index (χ0v) is 14.6. The quantitative estimate of drug-likeness (QED) is 0.719. The van der Waals surface area contributed by atoms with Crippen molar-refractivity contribution in [2.24, 2.45) is 5.73 Å². The van der Waals surface area contributed by atoms with E-state index in [1.165, 1.54) is 0 Å². The molecule has 2 aromatic heterocycles. The van der Waals surface area contributed by atoms with Crippen LogP contribution in [-0.2, 0) is 26.1 Å². The van der Waals surface area contributed by atoms with E-state index in [4.69, 9.17) is 10.2 Å². The number of nitrogens with one attached hydrogen (secondary N) is 1. The number of aryl methyl sites for hydroxylation is 1. The summed E-state index contributed by atoms with van der Waals surface area (Å²) in [6, 6.07) is 7.76. The molecule has 0 saturated heterocycles. The third-order valence-corrected chi connectivity index (χ3v) is 4.78. The lowest BCUT2D eigenvalue weighted by atomic mass is 10.1. The summed E-state index contributed by atoms with van der Waals surface area (Å²) in [4.78, 5) is 12.6. The second kappa shape index (κ2) is 6.07. The Morgan fingerprint density at radius 3 is 3.12 bits per heavy atom. The van der Waals surface area contributed by atoms with Gasteiger partial charge in [0, 0.05) is 22.9 Å². The van der Waals surface area contributed by atoms with Crippen LogP contribution < -0.4 is 11.1 Å². The van der Waals surface area contributed by atoms with E-state index in [9.17, 15) is 4.79 Å². The van der Waals surface area contributed by atoms with E-state index in [0.717, 1.165) is 46.3 Å².